The van der Waals surface area contributed by atoms with Crippen molar-refractivity contribution in [1.29, 1.82) is 0 Å². The number of halogens is 5. The lowest BCUT2D eigenvalue weighted by atomic mass is 9.94. The summed E-state index contributed by atoms with van der Waals surface area (Å²) in [6.07, 6.45) is -2.61. The summed E-state index contributed by atoms with van der Waals surface area (Å²) in [5, 5.41) is 1.66. The van der Waals surface area contributed by atoms with E-state index < -0.39 is 67.8 Å². The molecule has 5 atom stereocenters. The smallest absolute Gasteiger partial charge is 0.417 e. The predicted molar refractivity (Wildman–Crippen MR) is 152 cm³/mol. The Balaban J connectivity index is 1.31. The average molecular weight is 643 g/mol. The number of piperazine rings is 1. The van der Waals surface area contributed by atoms with E-state index in [-0.39, 0.29) is 41.5 Å². The van der Waals surface area contributed by atoms with E-state index in [1.165, 1.54) is 0 Å². The molecule has 4 saturated heterocycles. The van der Waals surface area contributed by atoms with Crippen LogP contribution in [0.15, 0.2) is 6.07 Å². The van der Waals surface area contributed by atoms with E-state index >= 15 is 4.39 Å². The van der Waals surface area contributed by atoms with Crippen LogP contribution in [-0.4, -0.2) is 79.9 Å². The highest BCUT2D eigenvalue weighted by atomic mass is 32.2. The van der Waals surface area contributed by atoms with Crippen LogP contribution in [0.1, 0.15) is 65.3 Å². The molecule has 0 unspecified atom stereocenters. The summed E-state index contributed by atoms with van der Waals surface area (Å²) in [6.45, 7) is 3.47. The highest BCUT2D eigenvalue weighted by Crippen LogP contribution is 2.47. The summed E-state index contributed by atoms with van der Waals surface area (Å²) in [5.41, 5.74) is 2.47. The van der Waals surface area contributed by atoms with Gasteiger partial charge in [0.2, 0.25) is 0 Å². The van der Waals surface area contributed by atoms with Gasteiger partial charge in [0.25, 0.3) is 0 Å². The zero-order valence-corrected chi connectivity index (χ0v) is 25.1. The molecular formula is C29H35F5N6O3S. The number of hydrogen-bond donors (Lipinski definition) is 2. The molecule has 6 heterocycles. The van der Waals surface area contributed by atoms with Crippen LogP contribution in [0.25, 0.3) is 0 Å². The van der Waals surface area contributed by atoms with Crippen LogP contribution >= 0.6 is 0 Å². The van der Waals surface area contributed by atoms with Crippen LogP contribution in [-0.2, 0) is 28.2 Å². The molecule has 5 aliphatic heterocycles. The first-order valence-corrected chi connectivity index (χ1v) is 16.8. The van der Waals surface area contributed by atoms with E-state index in [1.807, 2.05) is 4.90 Å². The highest BCUT2D eigenvalue weighted by molar-refractivity contribution is 7.91. The summed E-state index contributed by atoms with van der Waals surface area (Å²) >= 11 is 0. The number of rotatable bonds is 5. The molecule has 0 radical (unpaired) electrons. The minimum absolute atomic E-state index is 0.0496. The molecule has 2 bridgehead atoms. The Kier molecular flexibility index (Phi) is 7.05. The Morgan fingerprint density at radius 1 is 1.18 bits per heavy atom. The van der Waals surface area contributed by atoms with E-state index in [0.29, 0.717) is 31.9 Å². The predicted octanol–water partition coefficient (Wildman–Crippen LogP) is 3.63. The largest absolute Gasteiger partial charge is 0.461 e. The Labute approximate surface area is 252 Å². The van der Waals surface area contributed by atoms with Gasteiger partial charge in [-0.05, 0) is 50.8 Å². The number of aryl methyl sites for hydroxylation is 1. The number of hydrogen-bond acceptors (Lipinski definition) is 9. The van der Waals surface area contributed by atoms with Gasteiger partial charge >= 0.3 is 12.2 Å². The summed E-state index contributed by atoms with van der Waals surface area (Å²) in [5.74, 6) is -1.69. The van der Waals surface area contributed by atoms with Crippen molar-refractivity contribution in [2.45, 2.75) is 86.4 Å². The number of benzene rings is 1. The summed E-state index contributed by atoms with van der Waals surface area (Å²) < 4.78 is 106. The fraction of sp³-hybridized carbons (Fsp3) is 0.655. The van der Waals surface area contributed by atoms with Crippen molar-refractivity contribution in [3.8, 4) is 6.01 Å². The van der Waals surface area contributed by atoms with Crippen LogP contribution in [0, 0.1) is 12.7 Å². The van der Waals surface area contributed by atoms with Crippen molar-refractivity contribution in [3.63, 3.8) is 0 Å². The summed E-state index contributed by atoms with van der Waals surface area (Å²) in [4.78, 5) is 13.3. The molecule has 3 N–H and O–H groups in total. The SMILES string of the molecule is Cc1cc(N)c(F)c([C@H]2Cc3nc(OC[C@@]45CCCN4C[C@H](F)C5)nc(N4C[C@H]5CC[C@@H](C4)N5)c3CS2(=O)=O)c1C(F)(F)F. The van der Waals surface area contributed by atoms with Crippen LogP contribution < -0.4 is 20.7 Å². The third-order valence-electron chi connectivity index (χ3n) is 10.1. The summed E-state index contributed by atoms with van der Waals surface area (Å²) in [6, 6.07) is 1.18. The molecule has 1 aromatic carbocycles. The monoisotopic (exact) mass is 642 g/mol. The number of aromatic nitrogens is 2. The summed E-state index contributed by atoms with van der Waals surface area (Å²) in [7, 11) is -4.37. The number of sulfone groups is 1. The Hall–Kier alpha value is -2.78. The van der Waals surface area contributed by atoms with Crippen molar-refractivity contribution in [2.75, 3.05) is 43.4 Å². The maximum atomic E-state index is 15.5. The van der Waals surface area contributed by atoms with Gasteiger partial charge in [0.15, 0.2) is 15.7 Å². The zero-order valence-electron chi connectivity index (χ0n) is 24.3. The first-order valence-electron chi connectivity index (χ1n) is 15.0. The molecular weight excluding hydrogens is 607 g/mol. The molecule has 44 heavy (non-hydrogen) atoms. The van der Waals surface area contributed by atoms with Gasteiger partial charge in [-0.25, -0.2) is 17.2 Å². The van der Waals surface area contributed by atoms with E-state index in [1.54, 1.807) is 0 Å². The maximum Gasteiger partial charge on any atom is 0.417 e. The van der Waals surface area contributed by atoms with Crippen LogP contribution in [0.2, 0.25) is 0 Å². The molecule has 4 fully saturated rings. The lowest BCUT2D eigenvalue weighted by Gasteiger charge is -2.37. The Morgan fingerprint density at radius 2 is 1.91 bits per heavy atom. The van der Waals surface area contributed by atoms with Gasteiger partial charge in [0.05, 0.1) is 33.5 Å². The van der Waals surface area contributed by atoms with E-state index in [9.17, 15) is 26.0 Å². The first kappa shape index (κ1) is 29.9. The fourth-order valence-electron chi connectivity index (χ4n) is 8.17. The third-order valence-corrected chi connectivity index (χ3v) is 12.0. The van der Waals surface area contributed by atoms with Crippen molar-refractivity contribution in [2.24, 2.45) is 0 Å². The maximum absolute atomic E-state index is 15.5. The van der Waals surface area contributed by atoms with Crippen LogP contribution in [0.5, 0.6) is 6.01 Å². The number of anilines is 2. The number of nitrogens with zero attached hydrogens (tertiary/aromatic N) is 4. The second kappa shape index (κ2) is 10.4. The average Bonchev–Trinajstić information content (AvgIpc) is 3.58. The van der Waals surface area contributed by atoms with Crippen molar-refractivity contribution in [1.82, 2.24) is 20.2 Å². The van der Waals surface area contributed by atoms with Gasteiger partial charge in [-0.2, -0.15) is 23.1 Å². The highest BCUT2D eigenvalue weighted by Gasteiger charge is 2.50. The van der Waals surface area contributed by atoms with Crippen molar-refractivity contribution < 1.29 is 35.1 Å². The molecule has 0 amide bonds. The number of nitrogen functional groups attached to an aromatic ring is 1. The fourth-order valence-corrected chi connectivity index (χ4v) is 10.1. The van der Waals surface area contributed by atoms with Gasteiger partial charge in [0.1, 0.15) is 18.6 Å². The number of ether oxygens (including phenoxy) is 1. The molecule has 1 aromatic heterocycles. The van der Waals surface area contributed by atoms with E-state index in [2.05, 4.69) is 20.2 Å². The lowest BCUT2D eigenvalue weighted by Crippen LogP contribution is -2.52. The molecule has 240 valence electrons. The molecule has 5 aliphatic rings. The van der Waals surface area contributed by atoms with Gasteiger partial charge in [0, 0.05) is 55.7 Å². The lowest BCUT2D eigenvalue weighted by molar-refractivity contribution is -0.138. The first-order chi connectivity index (χ1) is 20.7. The Bertz CT molecular complexity index is 1590. The molecule has 7 rings (SSSR count). The van der Waals surface area contributed by atoms with Gasteiger partial charge in [-0.3, -0.25) is 4.90 Å². The van der Waals surface area contributed by atoms with Crippen molar-refractivity contribution >= 4 is 21.3 Å². The standard InChI is InChI=1S/C29H35F5N6O3S/c1-15-7-20(35)25(31)23(24(15)29(32,33)34)22-8-21-19(13-44(22,41)42)26(39-11-17-3-4-18(12-39)36-17)38-27(37-21)43-14-28-5-2-6-40(28)10-16(30)9-28/h7,16-18,22,36H,2-6,8-14,35H2,1H3/t16-,17-,18+,22-,28+/m1/s1. The van der Waals surface area contributed by atoms with Gasteiger partial charge in [-0.1, -0.05) is 0 Å². The molecule has 0 saturated carbocycles. The second-order valence-corrected chi connectivity index (χ2v) is 15.2. The Morgan fingerprint density at radius 3 is 2.61 bits per heavy atom. The third kappa shape index (κ3) is 4.98. The number of fused-ring (bicyclic) bond motifs is 4. The number of alkyl halides is 4. The quantitative estimate of drug-likeness (QED) is 0.373. The molecule has 0 spiro atoms. The molecule has 9 nitrogen and oxygen atoms in total. The van der Waals surface area contributed by atoms with Crippen LogP contribution in [0.4, 0.5) is 33.5 Å². The van der Waals surface area contributed by atoms with Crippen LogP contribution in [0.3, 0.4) is 0 Å². The minimum Gasteiger partial charge on any atom is -0.461 e. The zero-order chi connectivity index (χ0) is 31.2. The second-order valence-electron chi connectivity index (χ2n) is 13.0. The molecule has 2 aromatic rings. The topological polar surface area (TPSA) is 114 Å². The number of nitrogens with two attached hydrogens (primary N) is 1. The van der Waals surface area contributed by atoms with Gasteiger partial charge < -0.3 is 20.7 Å². The van der Waals surface area contributed by atoms with Gasteiger partial charge in [-0.15, -0.1) is 0 Å². The molecule has 0 aliphatic carbocycles. The van der Waals surface area contributed by atoms with E-state index in [4.69, 9.17) is 10.5 Å². The number of nitrogens with one attached hydrogen (secondary N) is 1. The minimum atomic E-state index is -5.02. The van der Waals surface area contributed by atoms with Crippen molar-refractivity contribution in [3.05, 3.63) is 39.8 Å². The normalized spacial score (nSPS) is 31.3. The molecule has 15 heteroatoms. The van der Waals surface area contributed by atoms with E-state index in [0.717, 1.165) is 45.2 Å².